The van der Waals surface area contributed by atoms with Gasteiger partial charge in [0.15, 0.2) is 6.10 Å². The van der Waals surface area contributed by atoms with E-state index in [1.165, 1.54) is 5.39 Å². The standard InChI is InChI=1S/C24H19NO2/c26-23(14-13-16-15-25-22-12-6-5-7-17(16)22)27-24-20-10-3-1-8-18(20)19-9-2-4-11-21(19)24/h1-12,15,24-25H,13-14H2. The van der Waals surface area contributed by atoms with Gasteiger partial charge in [0.2, 0.25) is 0 Å². The van der Waals surface area contributed by atoms with E-state index in [0.717, 1.165) is 33.3 Å². The van der Waals surface area contributed by atoms with E-state index in [1.807, 2.05) is 60.8 Å². The van der Waals surface area contributed by atoms with Crippen LogP contribution in [0.1, 0.15) is 29.2 Å². The lowest BCUT2D eigenvalue weighted by Crippen LogP contribution is -2.11. The maximum absolute atomic E-state index is 12.6. The number of hydrogen-bond acceptors (Lipinski definition) is 2. The molecule has 0 radical (unpaired) electrons. The fraction of sp³-hybridized carbons (Fsp3) is 0.125. The van der Waals surface area contributed by atoms with Crippen LogP contribution in [0.25, 0.3) is 22.0 Å². The minimum atomic E-state index is -0.312. The minimum Gasteiger partial charge on any atom is -0.452 e. The van der Waals surface area contributed by atoms with Crippen LogP contribution in [0.3, 0.4) is 0 Å². The van der Waals surface area contributed by atoms with E-state index in [1.54, 1.807) is 0 Å². The lowest BCUT2D eigenvalue weighted by Gasteiger charge is -2.15. The average molecular weight is 353 g/mol. The summed E-state index contributed by atoms with van der Waals surface area (Å²) in [5.41, 5.74) is 6.69. The number of para-hydroxylation sites is 1. The van der Waals surface area contributed by atoms with E-state index in [-0.39, 0.29) is 12.1 Å². The molecule has 0 aliphatic heterocycles. The Hall–Kier alpha value is -3.33. The Kier molecular flexibility index (Phi) is 3.79. The Balaban J connectivity index is 1.35. The second-order valence-electron chi connectivity index (χ2n) is 6.90. The average Bonchev–Trinajstić information content (AvgIpc) is 3.27. The third-order valence-electron chi connectivity index (χ3n) is 5.30. The van der Waals surface area contributed by atoms with Crippen molar-refractivity contribution < 1.29 is 9.53 Å². The van der Waals surface area contributed by atoms with Gasteiger partial charge in [0, 0.05) is 34.6 Å². The molecule has 0 atom stereocenters. The molecule has 0 saturated heterocycles. The molecule has 3 aromatic carbocycles. The van der Waals surface area contributed by atoms with Gasteiger partial charge in [-0.05, 0) is 29.2 Å². The van der Waals surface area contributed by atoms with Gasteiger partial charge >= 0.3 is 5.97 Å². The van der Waals surface area contributed by atoms with Gasteiger partial charge in [-0.3, -0.25) is 4.79 Å². The van der Waals surface area contributed by atoms with E-state index < -0.39 is 0 Å². The van der Waals surface area contributed by atoms with E-state index in [9.17, 15) is 4.79 Å². The Morgan fingerprint density at radius 1 is 0.852 bits per heavy atom. The zero-order valence-electron chi connectivity index (χ0n) is 14.8. The van der Waals surface area contributed by atoms with Gasteiger partial charge in [-0.2, -0.15) is 0 Å². The number of rotatable bonds is 4. The molecule has 4 aromatic rings. The second kappa shape index (κ2) is 6.44. The number of hydrogen-bond donors (Lipinski definition) is 1. The van der Waals surface area contributed by atoms with Gasteiger partial charge in [-0.1, -0.05) is 66.7 Å². The number of aromatic amines is 1. The third-order valence-corrected chi connectivity index (χ3v) is 5.30. The molecule has 27 heavy (non-hydrogen) atoms. The highest BCUT2D eigenvalue weighted by Crippen LogP contribution is 2.45. The first-order valence-electron chi connectivity index (χ1n) is 9.24. The molecule has 1 N–H and O–H groups in total. The van der Waals surface area contributed by atoms with Gasteiger partial charge in [0.1, 0.15) is 0 Å². The summed E-state index contributed by atoms with van der Waals surface area (Å²) < 4.78 is 5.93. The van der Waals surface area contributed by atoms with Crippen molar-refractivity contribution in [3.63, 3.8) is 0 Å². The number of ether oxygens (including phenoxy) is 1. The van der Waals surface area contributed by atoms with Crippen LogP contribution >= 0.6 is 0 Å². The van der Waals surface area contributed by atoms with Crippen molar-refractivity contribution in [2.24, 2.45) is 0 Å². The van der Waals surface area contributed by atoms with Crippen molar-refractivity contribution in [3.8, 4) is 11.1 Å². The molecule has 0 bridgehead atoms. The van der Waals surface area contributed by atoms with E-state index in [0.29, 0.717) is 12.8 Å². The maximum atomic E-state index is 12.6. The molecule has 1 aromatic heterocycles. The molecular formula is C24H19NO2. The number of benzene rings is 3. The summed E-state index contributed by atoms with van der Waals surface area (Å²) >= 11 is 0. The highest BCUT2D eigenvalue weighted by Gasteiger charge is 2.30. The highest BCUT2D eigenvalue weighted by molar-refractivity contribution is 5.84. The van der Waals surface area contributed by atoms with Crippen LogP contribution in [0, 0.1) is 0 Å². The zero-order chi connectivity index (χ0) is 18.2. The topological polar surface area (TPSA) is 42.1 Å². The molecular weight excluding hydrogens is 334 g/mol. The van der Waals surface area contributed by atoms with Crippen LogP contribution in [0.5, 0.6) is 0 Å². The van der Waals surface area contributed by atoms with Gasteiger partial charge in [-0.25, -0.2) is 0 Å². The summed E-state index contributed by atoms with van der Waals surface area (Å²) in [6.07, 6.45) is 2.70. The van der Waals surface area contributed by atoms with Crippen molar-refractivity contribution in [2.75, 3.05) is 0 Å². The van der Waals surface area contributed by atoms with Crippen LogP contribution in [-0.2, 0) is 16.0 Å². The fourth-order valence-corrected chi connectivity index (χ4v) is 4.00. The summed E-state index contributed by atoms with van der Waals surface area (Å²) in [5, 5.41) is 1.17. The predicted octanol–water partition coefficient (Wildman–Crippen LogP) is 5.41. The first-order chi connectivity index (χ1) is 13.3. The second-order valence-corrected chi connectivity index (χ2v) is 6.90. The van der Waals surface area contributed by atoms with Crippen molar-refractivity contribution >= 4 is 16.9 Å². The quantitative estimate of drug-likeness (QED) is 0.498. The summed E-state index contributed by atoms with van der Waals surface area (Å²) in [6, 6.07) is 24.5. The molecule has 5 rings (SSSR count). The molecule has 1 heterocycles. The molecule has 0 spiro atoms. The summed E-state index contributed by atoms with van der Waals surface area (Å²) in [7, 11) is 0. The van der Waals surface area contributed by atoms with Crippen molar-refractivity contribution in [2.45, 2.75) is 18.9 Å². The Morgan fingerprint density at radius 3 is 2.22 bits per heavy atom. The summed E-state index contributed by atoms with van der Waals surface area (Å²) in [5.74, 6) is -0.170. The van der Waals surface area contributed by atoms with E-state index in [4.69, 9.17) is 4.74 Å². The number of H-pyrrole nitrogens is 1. The number of aryl methyl sites for hydroxylation is 1. The lowest BCUT2D eigenvalue weighted by atomic mass is 10.1. The Morgan fingerprint density at radius 2 is 1.48 bits per heavy atom. The predicted molar refractivity (Wildman–Crippen MR) is 106 cm³/mol. The first-order valence-corrected chi connectivity index (χ1v) is 9.24. The van der Waals surface area contributed by atoms with Crippen LogP contribution in [-0.4, -0.2) is 11.0 Å². The number of carbonyl (C=O) groups excluding carboxylic acids is 1. The van der Waals surface area contributed by atoms with Gasteiger partial charge in [0.25, 0.3) is 0 Å². The maximum Gasteiger partial charge on any atom is 0.307 e. The van der Waals surface area contributed by atoms with Crippen LogP contribution in [0.4, 0.5) is 0 Å². The molecule has 0 fully saturated rings. The van der Waals surface area contributed by atoms with Gasteiger partial charge in [0.05, 0.1) is 0 Å². The summed E-state index contributed by atoms with van der Waals surface area (Å²) in [4.78, 5) is 15.9. The fourth-order valence-electron chi connectivity index (χ4n) is 4.00. The smallest absolute Gasteiger partial charge is 0.307 e. The third kappa shape index (κ3) is 2.72. The van der Waals surface area contributed by atoms with Gasteiger partial charge < -0.3 is 9.72 Å². The minimum absolute atomic E-state index is 0.170. The largest absolute Gasteiger partial charge is 0.452 e. The molecule has 3 heteroatoms. The number of aromatic nitrogens is 1. The van der Waals surface area contributed by atoms with Crippen molar-refractivity contribution in [1.82, 2.24) is 4.98 Å². The normalized spacial score (nSPS) is 12.7. The number of carbonyl (C=O) groups is 1. The lowest BCUT2D eigenvalue weighted by molar-refractivity contribution is -0.147. The molecule has 1 aliphatic rings. The van der Waals surface area contributed by atoms with E-state index >= 15 is 0 Å². The molecule has 0 unspecified atom stereocenters. The van der Waals surface area contributed by atoms with Crippen molar-refractivity contribution in [1.29, 1.82) is 0 Å². The zero-order valence-corrected chi connectivity index (χ0v) is 14.8. The van der Waals surface area contributed by atoms with Gasteiger partial charge in [-0.15, -0.1) is 0 Å². The molecule has 0 saturated carbocycles. The van der Waals surface area contributed by atoms with Crippen LogP contribution in [0.15, 0.2) is 79.0 Å². The molecule has 0 amide bonds. The van der Waals surface area contributed by atoms with Crippen LogP contribution in [0.2, 0.25) is 0 Å². The van der Waals surface area contributed by atoms with Crippen LogP contribution < -0.4 is 0 Å². The molecule has 3 nitrogen and oxygen atoms in total. The molecule has 132 valence electrons. The monoisotopic (exact) mass is 353 g/mol. The highest BCUT2D eigenvalue weighted by atomic mass is 16.5. The first kappa shape index (κ1) is 15.9. The Bertz CT molecular complexity index is 1100. The van der Waals surface area contributed by atoms with Crippen molar-refractivity contribution in [3.05, 3.63) is 95.7 Å². The molecule has 1 aliphatic carbocycles. The number of fused-ring (bicyclic) bond motifs is 4. The number of nitrogens with one attached hydrogen (secondary N) is 1. The van der Waals surface area contributed by atoms with E-state index in [2.05, 4.69) is 23.2 Å². The number of esters is 1. The SMILES string of the molecule is O=C(CCc1c[nH]c2ccccc12)OC1c2ccccc2-c2ccccc21. The Labute approximate surface area is 157 Å². The summed E-state index contributed by atoms with van der Waals surface area (Å²) in [6.45, 7) is 0.